The van der Waals surface area contributed by atoms with Crippen molar-refractivity contribution in [1.82, 2.24) is 20.0 Å². The first-order valence-corrected chi connectivity index (χ1v) is 5.85. The van der Waals surface area contributed by atoms with Crippen molar-refractivity contribution in [3.63, 3.8) is 0 Å². The van der Waals surface area contributed by atoms with E-state index in [1.807, 2.05) is 11.9 Å². The molecule has 1 amide bonds. The van der Waals surface area contributed by atoms with Gasteiger partial charge in [0.15, 0.2) is 12.4 Å². The molecule has 6 nitrogen and oxygen atoms in total. The quantitative estimate of drug-likeness (QED) is 0.780. The molecule has 1 aliphatic rings. The zero-order valence-corrected chi connectivity index (χ0v) is 10.1. The van der Waals surface area contributed by atoms with E-state index < -0.39 is 0 Å². The summed E-state index contributed by atoms with van der Waals surface area (Å²) in [7, 11) is 1.81. The third-order valence-corrected chi connectivity index (χ3v) is 2.74. The lowest BCUT2D eigenvalue weighted by Gasteiger charge is -2.19. The number of amides is 1. The number of nitrogens with one attached hydrogen (secondary N) is 1. The molecule has 1 aliphatic heterocycles. The van der Waals surface area contributed by atoms with Crippen molar-refractivity contribution in [3.8, 4) is 5.75 Å². The molecule has 2 rings (SSSR count). The predicted octanol–water partition coefficient (Wildman–Crippen LogP) is -0.379. The Morgan fingerprint density at radius 3 is 3.18 bits per heavy atom. The molecule has 0 saturated carbocycles. The van der Waals surface area contributed by atoms with Crippen LogP contribution in [0.1, 0.15) is 6.42 Å². The standard InChI is InChI=1S/C11H18N4O2/c1-14-8-10(7-13-14)17-9-11(16)15-5-2-3-12-4-6-15/h7-8,12H,2-6,9H2,1H3. The van der Waals surface area contributed by atoms with Crippen molar-refractivity contribution in [2.24, 2.45) is 7.05 Å². The predicted molar refractivity (Wildman–Crippen MR) is 62.8 cm³/mol. The first-order chi connectivity index (χ1) is 8.25. The molecule has 0 aliphatic carbocycles. The molecule has 1 aromatic rings. The Labute approximate surface area is 101 Å². The number of rotatable bonds is 3. The summed E-state index contributed by atoms with van der Waals surface area (Å²) in [5.41, 5.74) is 0. The molecule has 17 heavy (non-hydrogen) atoms. The number of ether oxygens (including phenoxy) is 1. The van der Waals surface area contributed by atoms with Crippen LogP contribution < -0.4 is 10.1 Å². The molecule has 0 radical (unpaired) electrons. The van der Waals surface area contributed by atoms with Gasteiger partial charge in [-0.1, -0.05) is 0 Å². The highest BCUT2D eigenvalue weighted by atomic mass is 16.5. The largest absolute Gasteiger partial charge is 0.480 e. The van der Waals surface area contributed by atoms with E-state index in [0.717, 1.165) is 32.6 Å². The summed E-state index contributed by atoms with van der Waals surface area (Å²) in [5.74, 6) is 0.673. The van der Waals surface area contributed by atoms with E-state index >= 15 is 0 Å². The average molecular weight is 238 g/mol. The van der Waals surface area contributed by atoms with Crippen molar-refractivity contribution < 1.29 is 9.53 Å². The average Bonchev–Trinajstić information content (AvgIpc) is 2.58. The van der Waals surface area contributed by atoms with Gasteiger partial charge in [0.05, 0.1) is 12.4 Å². The van der Waals surface area contributed by atoms with E-state index in [0.29, 0.717) is 5.75 Å². The zero-order valence-electron chi connectivity index (χ0n) is 10.1. The number of carbonyl (C=O) groups excluding carboxylic acids is 1. The summed E-state index contributed by atoms with van der Waals surface area (Å²) < 4.78 is 7.04. The highest BCUT2D eigenvalue weighted by Crippen LogP contribution is 2.07. The van der Waals surface area contributed by atoms with Crippen molar-refractivity contribution in [3.05, 3.63) is 12.4 Å². The van der Waals surface area contributed by atoms with Crippen molar-refractivity contribution in [2.75, 3.05) is 32.8 Å². The summed E-state index contributed by atoms with van der Waals surface area (Å²) in [6.07, 6.45) is 4.35. The van der Waals surface area contributed by atoms with Crippen molar-refractivity contribution in [2.45, 2.75) is 6.42 Å². The van der Waals surface area contributed by atoms with Gasteiger partial charge in [0.1, 0.15) is 0 Å². The highest BCUT2D eigenvalue weighted by Gasteiger charge is 2.15. The molecule has 1 fully saturated rings. The molecule has 0 unspecified atom stereocenters. The van der Waals surface area contributed by atoms with Gasteiger partial charge in [0.2, 0.25) is 0 Å². The molecule has 2 heterocycles. The number of aromatic nitrogens is 2. The molecule has 1 saturated heterocycles. The van der Waals surface area contributed by atoms with E-state index in [1.54, 1.807) is 17.1 Å². The van der Waals surface area contributed by atoms with Gasteiger partial charge in [-0.2, -0.15) is 5.10 Å². The fraction of sp³-hybridized carbons (Fsp3) is 0.636. The van der Waals surface area contributed by atoms with Gasteiger partial charge >= 0.3 is 0 Å². The minimum atomic E-state index is 0.0394. The van der Waals surface area contributed by atoms with Gasteiger partial charge in [-0.05, 0) is 13.0 Å². The lowest BCUT2D eigenvalue weighted by atomic mass is 10.4. The summed E-state index contributed by atoms with van der Waals surface area (Å²) >= 11 is 0. The number of aryl methyl sites for hydroxylation is 1. The van der Waals surface area contributed by atoms with E-state index in [4.69, 9.17) is 4.74 Å². The second kappa shape index (κ2) is 5.67. The normalized spacial score (nSPS) is 16.6. The van der Waals surface area contributed by atoms with Crippen LogP contribution in [0.15, 0.2) is 12.4 Å². The Morgan fingerprint density at radius 2 is 2.41 bits per heavy atom. The molecule has 1 aromatic heterocycles. The minimum absolute atomic E-state index is 0.0394. The number of hydrogen-bond acceptors (Lipinski definition) is 4. The van der Waals surface area contributed by atoms with E-state index in [2.05, 4.69) is 10.4 Å². The van der Waals surface area contributed by atoms with Crippen LogP contribution in [0.3, 0.4) is 0 Å². The lowest BCUT2D eigenvalue weighted by Crippen LogP contribution is -2.37. The Bertz CT molecular complexity index is 369. The van der Waals surface area contributed by atoms with Crippen LogP contribution in [0, 0.1) is 0 Å². The van der Waals surface area contributed by atoms with Gasteiger partial charge in [-0.3, -0.25) is 9.48 Å². The van der Waals surface area contributed by atoms with Gasteiger partial charge in [0, 0.05) is 26.7 Å². The Hall–Kier alpha value is -1.56. The van der Waals surface area contributed by atoms with Crippen LogP contribution in [-0.4, -0.2) is 53.4 Å². The Morgan fingerprint density at radius 1 is 1.53 bits per heavy atom. The summed E-state index contributed by atoms with van der Waals surface area (Å²) in [4.78, 5) is 13.7. The number of carbonyl (C=O) groups is 1. The third-order valence-electron chi connectivity index (χ3n) is 2.74. The maximum Gasteiger partial charge on any atom is 0.260 e. The second-order valence-corrected chi connectivity index (χ2v) is 4.12. The molecule has 0 atom stereocenters. The molecule has 0 spiro atoms. The van der Waals surface area contributed by atoms with Crippen molar-refractivity contribution >= 4 is 5.91 Å². The zero-order chi connectivity index (χ0) is 12.1. The van der Waals surface area contributed by atoms with E-state index in [-0.39, 0.29) is 12.5 Å². The van der Waals surface area contributed by atoms with E-state index in [9.17, 15) is 4.79 Å². The highest BCUT2D eigenvalue weighted by molar-refractivity contribution is 5.77. The topological polar surface area (TPSA) is 59.4 Å². The first kappa shape index (κ1) is 11.9. The Balaban J connectivity index is 1.79. The maximum absolute atomic E-state index is 11.9. The smallest absolute Gasteiger partial charge is 0.260 e. The lowest BCUT2D eigenvalue weighted by molar-refractivity contribution is -0.133. The fourth-order valence-corrected chi connectivity index (χ4v) is 1.80. The van der Waals surface area contributed by atoms with Crippen molar-refractivity contribution in [1.29, 1.82) is 0 Å². The molecule has 94 valence electrons. The van der Waals surface area contributed by atoms with Gasteiger partial charge in [-0.15, -0.1) is 0 Å². The second-order valence-electron chi connectivity index (χ2n) is 4.12. The SMILES string of the molecule is Cn1cc(OCC(=O)N2CCCNCC2)cn1. The molecule has 0 bridgehead atoms. The number of nitrogens with zero attached hydrogens (tertiary/aromatic N) is 3. The van der Waals surface area contributed by atoms with Gasteiger partial charge < -0.3 is 15.0 Å². The van der Waals surface area contributed by atoms with Gasteiger partial charge in [0.25, 0.3) is 5.91 Å². The molecule has 1 N–H and O–H groups in total. The molecule has 0 aromatic carbocycles. The fourth-order valence-electron chi connectivity index (χ4n) is 1.80. The monoisotopic (exact) mass is 238 g/mol. The summed E-state index contributed by atoms with van der Waals surface area (Å²) in [5, 5.41) is 7.24. The van der Waals surface area contributed by atoms with E-state index in [1.165, 1.54) is 0 Å². The van der Waals surface area contributed by atoms with Crippen LogP contribution in [-0.2, 0) is 11.8 Å². The summed E-state index contributed by atoms with van der Waals surface area (Å²) in [6, 6.07) is 0. The van der Waals surface area contributed by atoms with Crippen LogP contribution in [0.25, 0.3) is 0 Å². The third kappa shape index (κ3) is 3.45. The van der Waals surface area contributed by atoms with Crippen LogP contribution >= 0.6 is 0 Å². The van der Waals surface area contributed by atoms with Gasteiger partial charge in [-0.25, -0.2) is 0 Å². The Kier molecular flexibility index (Phi) is 3.98. The number of hydrogen-bond donors (Lipinski definition) is 1. The summed E-state index contributed by atoms with van der Waals surface area (Å²) in [6.45, 7) is 3.50. The minimum Gasteiger partial charge on any atom is -0.480 e. The maximum atomic E-state index is 11.9. The van der Waals surface area contributed by atoms with Crippen LogP contribution in [0.2, 0.25) is 0 Å². The first-order valence-electron chi connectivity index (χ1n) is 5.85. The molecular formula is C11H18N4O2. The molecule has 6 heteroatoms. The van der Waals surface area contributed by atoms with Crippen LogP contribution in [0.5, 0.6) is 5.75 Å². The van der Waals surface area contributed by atoms with Crippen LogP contribution in [0.4, 0.5) is 0 Å². The molecular weight excluding hydrogens is 220 g/mol.